The first-order valence-electron chi connectivity index (χ1n) is 6.26. The first kappa shape index (κ1) is 13.5. The van der Waals surface area contributed by atoms with E-state index in [-0.39, 0.29) is 5.91 Å². The first-order valence-corrected chi connectivity index (χ1v) is 6.26. The minimum Gasteiger partial charge on any atom is -0.479 e. The van der Waals surface area contributed by atoms with Crippen molar-refractivity contribution in [3.63, 3.8) is 0 Å². The predicted molar refractivity (Wildman–Crippen MR) is 68.5 cm³/mol. The second kappa shape index (κ2) is 5.40. The molecule has 102 valence electrons. The monoisotopic (exact) mass is 263 g/mol. The quantitative estimate of drug-likeness (QED) is 0.858. The van der Waals surface area contributed by atoms with Crippen LogP contribution < -0.4 is 5.32 Å². The van der Waals surface area contributed by atoms with Gasteiger partial charge in [0, 0.05) is 6.61 Å². The number of carboxylic acids is 1. The Balaban J connectivity index is 2.20. The Morgan fingerprint density at radius 1 is 1.37 bits per heavy atom. The topological polar surface area (TPSA) is 75.6 Å². The lowest BCUT2D eigenvalue weighted by Crippen LogP contribution is -2.52. The molecule has 19 heavy (non-hydrogen) atoms. The molecule has 0 radical (unpaired) electrons. The molecule has 0 spiro atoms. The van der Waals surface area contributed by atoms with Crippen molar-refractivity contribution < 1.29 is 19.4 Å². The van der Waals surface area contributed by atoms with E-state index in [4.69, 9.17) is 4.74 Å². The maximum Gasteiger partial charge on any atom is 0.333 e. The Morgan fingerprint density at radius 3 is 2.58 bits per heavy atom. The van der Waals surface area contributed by atoms with E-state index in [9.17, 15) is 14.7 Å². The number of carbonyl (C=O) groups excluding carboxylic acids is 1. The molecule has 2 unspecified atom stereocenters. The van der Waals surface area contributed by atoms with Gasteiger partial charge in [0.25, 0.3) is 0 Å². The maximum absolute atomic E-state index is 12.0. The molecule has 2 N–H and O–H groups in total. The number of nitrogens with one attached hydrogen (secondary N) is 1. The van der Waals surface area contributed by atoms with Crippen molar-refractivity contribution in [2.75, 3.05) is 6.61 Å². The zero-order valence-electron chi connectivity index (χ0n) is 10.8. The van der Waals surface area contributed by atoms with Crippen molar-refractivity contribution in [1.29, 1.82) is 0 Å². The van der Waals surface area contributed by atoms with Crippen molar-refractivity contribution in [1.82, 2.24) is 5.32 Å². The number of ether oxygens (including phenoxy) is 1. The number of carbonyl (C=O) groups is 2. The summed E-state index contributed by atoms with van der Waals surface area (Å²) in [6, 6.07) is 8.66. The molecule has 0 bridgehead atoms. The van der Waals surface area contributed by atoms with Gasteiger partial charge >= 0.3 is 5.97 Å². The number of rotatable bonds is 4. The number of hydrogen-bond acceptors (Lipinski definition) is 3. The average molecular weight is 263 g/mol. The molecule has 1 aromatic carbocycles. The van der Waals surface area contributed by atoms with Gasteiger partial charge in [-0.25, -0.2) is 4.79 Å². The van der Waals surface area contributed by atoms with Crippen LogP contribution in [0.1, 0.15) is 25.3 Å². The number of benzene rings is 1. The molecule has 1 aromatic rings. The standard InChI is InChI=1S/C14H17NO4/c1-14(13(17)18,10-6-3-2-4-7-10)15-12(16)11-8-5-9-19-11/h2-4,6-7,11H,5,8-9H2,1H3,(H,15,16)(H,17,18). The van der Waals surface area contributed by atoms with Gasteiger partial charge in [0.15, 0.2) is 5.54 Å². The van der Waals surface area contributed by atoms with Crippen LogP contribution in [0.3, 0.4) is 0 Å². The van der Waals surface area contributed by atoms with Crippen molar-refractivity contribution in [2.24, 2.45) is 0 Å². The van der Waals surface area contributed by atoms with Crippen molar-refractivity contribution >= 4 is 11.9 Å². The molecule has 1 aliphatic heterocycles. The molecule has 0 aliphatic carbocycles. The Bertz CT molecular complexity index is 468. The van der Waals surface area contributed by atoms with Crippen LogP contribution in [-0.4, -0.2) is 29.7 Å². The Morgan fingerprint density at radius 2 is 2.05 bits per heavy atom. The predicted octanol–water partition coefficient (Wildman–Crippen LogP) is 1.28. The Labute approximate surface area is 111 Å². The molecule has 2 atom stereocenters. The number of aliphatic carboxylic acids is 1. The van der Waals surface area contributed by atoms with Crippen molar-refractivity contribution in [3.05, 3.63) is 35.9 Å². The van der Waals surface area contributed by atoms with Crippen molar-refractivity contribution in [3.8, 4) is 0 Å². The third-order valence-electron chi connectivity index (χ3n) is 3.37. The molecule has 1 saturated heterocycles. The molecular formula is C14H17NO4. The summed E-state index contributed by atoms with van der Waals surface area (Å²) in [4.78, 5) is 23.6. The Hall–Kier alpha value is -1.88. The second-order valence-corrected chi connectivity index (χ2v) is 4.79. The molecule has 2 rings (SSSR count). The van der Waals surface area contributed by atoms with Gasteiger partial charge in [-0.1, -0.05) is 30.3 Å². The summed E-state index contributed by atoms with van der Waals surface area (Å²) in [7, 11) is 0. The molecule has 0 saturated carbocycles. The third-order valence-corrected chi connectivity index (χ3v) is 3.37. The van der Waals surface area contributed by atoms with Crippen LogP contribution in [0.15, 0.2) is 30.3 Å². The summed E-state index contributed by atoms with van der Waals surface area (Å²) in [5.74, 6) is -1.46. The van der Waals surface area contributed by atoms with E-state index in [2.05, 4.69) is 5.32 Å². The largest absolute Gasteiger partial charge is 0.479 e. The minimum absolute atomic E-state index is 0.369. The van der Waals surface area contributed by atoms with Gasteiger partial charge in [0.2, 0.25) is 5.91 Å². The van der Waals surface area contributed by atoms with Gasteiger partial charge < -0.3 is 15.2 Å². The third kappa shape index (κ3) is 2.76. The highest BCUT2D eigenvalue weighted by molar-refractivity contribution is 5.89. The van der Waals surface area contributed by atoms with Gasteiger partial charge in [-0.15, -0.1) is 0 Å². The summed E-state index contributed by atoms with van der Waals surface area (Å²) >= 11 is 0. The lowest BCUT2D eigenvalue weighted by Gasteiger charge is -2.28. The highest BCUT2D eigenvalue weighted by Gasteiger charge is 2.39. The summed E-state index contributed by atoms with van der Waals surface area (Å²) in [6.45, 7) is 2.03. The fourth-order valence-electron chi connectivity index (χ4n) is 2.13. The van der Waals surface area contributed by atoms with Crippen LogP contribution in [0.5, 0.6) is 0 Å². The van der Waals surface area contributed by atoms with E-state index in [1.165, 1.54) is 6.92 Å². The maximum atomic E-state index is 12.0. The molecular weight excluding hydrogens is 246 g/mol. The highest BCUT2D eigenvalue weighted by Crippen LogP contribution is 2.22. The molecule has 0 aromatic heterocycles. The second-order valence-electron chi connectivity index (χ2n) is 4.79. The van der Waals surface area contributed by atoms with Gasteiger partial charge in [-0.05, 0) is 25.3 Å². The minimum atomic E-state index is -1.44. The summed E-state index contributed by atoms with van der Waals surface area (Å²) in [6.07, 6.45) is 0.922. The van der Waals surface area contributed by atoms with E-state index in [0.29, 0.717) is 18.6 Å². The van der Waals surface area contributed by atoms with Crippen LogP contribution >= 0.6 is 0 Å². The number of amides is 1. The normalized spacial score (nSPS) is 21.6. The zero-order valence-corrected chi connectivity index (χ0v) is 10.8. The molecule has 5 nitrogen and oxygen atoms in total. The average Bonchev–Trinajstić information content (AvgIpc) is 2.93. The molecule has 1 heterocycles. The van der Waals surface area contributed by atoms with Gasteiger partial charge in [-0.2, -0.15) is 0 Å². The zero-order chi connectivity index (χ0) is 13.9. The van der Waals surface area contributed by atoms with Gasteiger partial charge in [-0.3, -0.25) is 4.79 Å². The lowest BCUT2D eigenvalue weighted by molar-refractivity contribution is -0.149. The summed E-state index contributed by atoms with van der Waals surface area (Å²) in [5.41, 5.74) is -0.904. The van der Waals surface area contributed by atoms with Crippen LogP contribution in [0, 0.1) is 0 Å². The van der Waals surface area contributed by atoms with E-state index < -0.39 is 17.6 Å². The summed E-state index contributed by atoms with van der Waals surface area (Å²) in [5, 5.41) is 12.0. The van der Waals surface area contributed by atoms with Crippen LogP contribution in [-0.2, 0) is 19.9 Å². The van der Waals surface area contributed by atoms with Crippen molar-refractivity contribution in [2.45, 2.75) is 31.4 Å². The molecule has 1 fully saturated rings. The molecule has 1 amide bonds. The molecule has 5 heteroatoms. The van der Waals surface area contributed by atoms with Crippen LogP contribution in [0.4, 0.5) is 0 Å². The SMILES string of the molecule is CC(NC(=O)C1CCCO1)(C(=O)O)c1ccccc1. The van der Waals surface area contributed by atoms with Gasteiger partial charge in [0.1, 0.15) is 6.10 Å². The van der Waals surface area contributed by atoms with Crippen LogP contribution in [0.2, 0.25) is 0 Å². The van der Waals surface area contributed by atoms with E-state index in [0.717, 1.165) is 6.42 Å². The van der Waals surface area contributed by atoms with Crippen LogP contribution in [0.25, 0.3) is 0 Å². The molecule has 1 aliphatic rings. The lowest BCUT2D eigenvalue weighted by atomic mass is 9.91. The van der Waals surface area contributed by atoms with E-state index in [1.807, 2.05) is 0 Å². The van der Waals surface area contributed by atoms with Gasteiger partial charge in [0.05, 0.1) is 0 Å². The smallest absolute Gasteiger partial charge is 0.333 e. The Kier molecular flexibility index (Phi) is 3.85. The highest BCUT2D eigenvalue weighted by atomic mass is 16.5. The fourth-order valence-corrected chi connectivity index (χ4v) is 2.13. The van der Waals surface area contributed by atoms with E-state index in [1.54, 1.807) is 30.3 Å². The number of carboxylic acid groups (broad SMARTS) is 1. The summed E-state index contributed by atoms with van der Waals surface area (Å²) < 4.78 is 5.27. The number of hydrogen-bond donors (Lipinski definition) is 2. The fraction of sp³-hybridized carbons (Fsp3) is 0.429. The van der Waals surface area contributed by atoms with E-state index >= 15 is 0 Å². The first-order chi connectivity index (χ1) is 9.04.